The molecule has 0 N–H and O–H groups in total. The highest BCUT2D eigenvalue weighted by atomic mass is 35.5. The first-order valence-corrected chi connectivity index (χ1v) is 13.8. The number of nitrogens with zero attached hydrogens (tertiary/aromatic N) is 4. The number of carbonyl (C=O) groups is 2. The summed E-state index contributed by atoms with van der Waals surface area (Å²) in [7, 11) is 0. The van der Waals surface area contributed by atoms with Crippen molar-refractivity contribution < 1.29 is 18.7 Å². The molecule has 3 saturated heterocycles. The number of hydrogen-bond donors (Lipinski definition) is 0. The smallest absolute Gasteiger partial charge is 0.294 e. The molecule has 3 aliphatic rings. The van der Waals surface area contributed by atoms with Gasteiger partial charge in [-0.3, -0.25) is 9.69 Å². The number of carbonyl (C=O) groups excluding carboxylic acids is 2. The van der Waals surface area contributed by atoms with Crippen molar-refractivity contribution >= 4 is 24.2 Å². The lowest BCUT2D eigenvalue weighted by molar-refractivity contribution is -1.07. The van der Waals surface area contributed by atoms with Crippen LogP contribution in [-0.4, -0.2) is 83.4 Å². The first-order valence-electron chi connectivity index (χ1n) is 13.8. The summed E-state index contributed by atoms with van der Waals surface area (Å²) in [5.74, 6) is 0.755. The maximum absolute atomic E-state index is 13.0. The summed E-state index contributed by atoms with van der Waals surface area (Å²) in [6, 6.07) is 0. The van der Waals surface area contributed by atoms with E-state index in [-0.39, 0.29) is 12.4 Å². The molecule has 3 heterocycles. The first-order chi connectivity index (χ1) is 15.6. The van der Waals surface area contributed by atoms with E-state index in [2.05, 4.69) is 23.8 Å². The normalized spacial score (nSPS) is 31.4. The lowest BCUT2D eigenvalue weighted by Gasteiger charge is -2.49. The molecule has 7 heteroatoms. The van der Waals surface area contributed by atoms with Crippen LogP contribution in [0.1, 0.15) is 104 Å². The molecule has 3 rings (SSSR count). The second-order valence-electron chi connectivity index (χ2n) is 10.6. The number of amides is 2. The summed E-state index contributed by atoms with van der Waals surface area (Å²) in [4.78, 5) is 27.8. The zero-order valence-corrected chi connectivity index (χ0v) is 22.4. The first kappa shape index (κ1) is 28.5. The quantitative estimate of drug-likeness (QED) is 0.492. The van der Waals surface area contributed by atoms with Crippen molar-refractivity contribution in [2.45, 2.75) is 104 Å². The Kier molecular flexibility index (Phi) is 12.1. The van der Waals surface area contributed by atoms with Crippen LogP contribution in [0.25, 0.3) is 0 Å². The van der Waals surface area contributed by atoms with Gasteiger partial charge in [0.05, 0.1) is 39.1 Å². The van der Waals surface area contributed by atoms with Crippen LogP contribution in [-0.2, 0) is 9.59 Å². The molecule has 0 bridgehead atoms. The number of halogens is 1. The van der Waals surface area contributed by atoms with Crippen molar-refractivity contribution in [3.8, 4) is 0 Å². The predicted octanol–water partition coefficient (Wildman–Crippen LogP) is 5.07. The zero-order chi connectivity index (χ0) is 22.9. The van der Waals surface area contributed by atoms with Crippen LogP contribution in [0.15, 0.2) is 0 Å². The molecule has 0 aliphatic carbocycles. The van der Waals surface area contributed by atoms with Gasteiger partial charge < -0.3 is 0 Å². The molecule has 0 aromatic heterocycles. The Bertz CT molecular complexity index is 619. The number of quaternary nitrogens is 2. The van der Waals surface area contributed by atoms with E-state index < -0.39 is 0 Å². The third kappa shape index (κ3) is 7.39. The second kappa shape index (κ2) is 14.0. The minimum absolute atomic E-state index is 0. The average Bonchev–Trinajstić information content (AvgIpc) is 3.37. The van der Waals surface area contributed by atoms with E-state index in [4.69, 9.17) is 0 Å². The highest BCUT2D eigenvalue weighted by Gasteiger charge is 2.47. The minimum Gasteiger partial charge on any atom is -0.294 e. The largest absolute Gasteiger partial charge is 0.315 e. The number of hydrogen-bond acceptors (Lipinski definition) is 3. The summed E-state index contributed by atoms with van der Waals surface area (Å²) in [5, 5.41) is 2.66. The van der Waals surface area contributed by atoms with Gasteiger partial charge in [-0.15, -0.1) is 12.4 Å². The van der Waals surface area contributed by atoms with Gasteiger partial charge in [-0.25, -0.2) is 13.9 Å². The van der Waals surface area contributed by atoms with Crippen molar-refractivity contribution in [2.24, 2.45) is 0 Å². The standard InChI is InChI=1S/C26H50N4O2.ClH/c1-3-29(21-16-18-26(29)32)24-28-20-13-11-9-7-5-6-8-10-12-14-22-30(28,4-2)23-27-19-15-17-25(27)31;/h3-24H2,1-2H3;1H/q+2;. The van der Waals surface area contributed by atoms with Crippen molar-refractivity contribution in [1.82, 2.24) is 9.91 Å². The fourth-order valence-electron chi connectivity index (χ4n) is 6.25. The predicted molar refractivity (Wildman–Crippen MR) is 136 cm³/mol. The molecular formula is C26H51ClN4O2+2. The minimum atomic E-state index is 0. The molecule has 33 heavy (non-hydrogen) atoms. The molecule has 2 unspecified atom stereocenters. The van der Waals surface area contributed by atoms with Crippen LogP contribution in [0.5, 0.6) is 0 Å². The molecule has 0 aromatic rings. The SMILES string of the molecule is CC[N+]1(CN2CCCCCCCCCCCC[N+]2(CC)CN2CCCC2=O)CCCC1=O.Cl. The van der Waals surface area contributed by atoms with Gasteiger partial charge in [-0.1, -0.05) is 50.0 Å². The van der Waals surface area contributed by atoms with Crippen LogP contribution >= 0.6 is 12.4 Å². The molecule has 0 saturated carbocycles. The molecule has 192 valence electrons. The Balaban J connectivity index is 0.00000385. The van der Waals surface area contributed by atoms with Gasteiger partial charge in [0.1, 0.15) is 0 Å². The van der Waals surface area contributed by atoms with E-state index in [1.165, 1.54) is 64.2 Å². The van der Waals surface area contributed by atoms with Crippen LogP contribution < -0.4 is 0 Å². The number of rotatable bonds is 6. The zero-order valence-electron chi connectivity index (χ0n) is 21.6. The number of likely N-dealkylation sites (tertiary alicyclic amines) is 2. The molecule has 2 atom stereocenters. The average molecular weight is 487 g/mol. The maximum Gasteiger partial charge on any atom is 0.315 e. The van der Waals surface area contributed by atoms with E-state index in [0.29, 0.717) is 22.7 Å². The highest BCUT2D eigenvalue weighted by molar-refractivity contribution is 5.85. The van der Waals surface area contributed by atoms with Gasteiger partial charge in [-0.05, 0) is 39.5 Å². The highest BCUT2D eigenvalue weighted by Crippen LogP contribution is 2.28. The van der Waals surface area contributed by atoms with E-state index >= 15 is 0 Å². The molecule has 0 aromatic carbocycles. The summed E-state index contributed by atoms with van der Waals surface area (Å²) in [6.45, 7) is 12.0. The third-order valence-electron chi connectivity index (χ3n) is 8.58. The lowest BCUT2D eigenvalue weighted by Crippen LogP contribution is -2.69. The molecule has 6 nitrogen and oxygen atoms in total. The van der Waals surface area contributed by atoms with E-state index in [1.807, 2.05) is 0 Å². The van der Waals surface area contributed by atoms with Gasteiger partial charge in [0, 0.05) is 19.4 Å². The third-order valence-corrected chi connectivity index (χ3v) is 8.58. The summed E-state index contributed by atoms with van der Waals surface area (Å²) in [6.07, 6.45) is 16.6. The van der Waals surface area contributed by atoms with E-state index in [1.54, 1.807) is 0 Å². The fourth-order valence-corrected chi connectivity index (χ4v) is 6.25. The Hall–Kier alpha value is -0.690. The van der Waals surface area contributed by atoms with Gasteiger partial charge in [0.25, 0.3) is 0 Å². The van der Waals surface area contributed by atoms with Crippen molar-refractivity contribution in [1.29, 1.82) is 0 Å². The second-order valence-corrected chi connectivity index (χ2v) is 10.6. The molecule has 2 amide bonds. The van der Waals surface area contributed by atoms with Gasteiger partial charge in [0.2, 0.25) is 5.91 Å². The van der Waals surface area contributed by atoms with Gasteiger partial charge in [0.15, 0.2) is 13.3 Å². The Morgan fingerprint density at radius 3 is 1.82 bits per heavy atom. The van der Waals surface area contributed by atoms with Crippen LogP contribution in [0.2, 0.25) is 0 Å². The Labute approximate surface area is 209 Å². The van der Waals surface area contributed by atoms with Crippen LogP contribution in [0.4, 0.5) is 0 Å². The Morgan fingerprint density at radius 2 is 1.30 bits per heavy atom. The monoisotopic (exact) mass is 486 g/mol. The van der Waals surface area contributed by atoms with E-state index in [9.17, 15) is 9.59 Å². The van der Waals surface area contributed by atoms with E-state index in [0.717, 1.165) is 76.5 Å². The van der Waals surface area contributed by atoms with Gasteiger partial charge >= 0.3 is 5.91 Å². The van der Waals surface area contributed by atoms with Crippen LogP contribution in [0.3, 0.4) is 0 Å². The lowest BCUT2D eigenvalue weighted by atomic mass is 10.1. The van der Waals surface area contributed by atoms with Crippen molar-refractivity contribution in [2.75, 3.05) is 52.6 Å². The maximum atomic E-state index is 13.0. The molecular weight excluding hydrogens is 436 g/mol. The summed E-state index contributed by atoms with van der Waals surface area (Å²) < 4.78 is 1.48. The topological polar surface area (TPSA) is 40.6 Å². The summed E-state index contributed by atoms with van der Waals surface area (Å²) in [5.41, 5.74) is 0. The summed E-state index contributed by atoms with van der Waals surface area (Å²) >= 11 is 0. The Morgan fingerprint density at radius 1 is 0.667 bits per heavy atom. The van der Waals surface area contributed by atoms with Crippen molar-refractivity contribution in [3.05, 3.63) is 0 Å². The molecule has 3 aliphatic heterocycles. The fraction of sp³-hybridized carbons (Fsp3) is 0.923. The molecule has 0 spiro atoms. The molecule has 3 fully saturated rings. The molecule has 0 radical (unpaired) electrons. The van der Waals surface area contributed by atoms with Crippen molar-refractivity contribution in [3.63, 3.8) is 0 Å². The van der Waals surface area contributed by atoms with Gasteiger partial charge in [-0.2, -0.15) is 0 Å². The van der Waals surface area contributed by atoms with Crippen LogP contribution in [0, 0.1) is 0 Å².